The van der Waals surface area contributed by atoms with Gasteiger partial charge in [0.1, 0.15) is 5.82 Å². The molecule has 0 radical (unpaired) electrons. The molecule has 1 saturated heterocycles. The monoisotopic (exact) mass is 239 g/mol. The highest BCUT2D eigenvalue weighted by atomic mass is 19.1. The van der Waals surface area contributed by atoms with Gasteiger partial charge in [-0.15, -0.1) is 0 Å². The van der Waals surface area contributed by atoms with Gasteiger partial charge in [0.25, 0.3) is 0 Å². The van der Waals surface area contributed by atoms with Crippen molar-refractivity contribution in [2.24, 2.45) is 0 Å². The Morgan fingerprint density at radius 2 is 2.29 bits per heavy atom. The quantitative estimate of drug-likeness (QED) is 0.858. The summed E-state index contributed by atoms with van der Waals surface area (Å²) >= 11 is 0. The minimum Gasteiger partial charge on any atom is -0.389 e. The third-order valence-corrected chi connectivity index (χ3v) is 3.13. The maximum absolute atomic E-state index is 14.0. The Morgan fingerprint density at radius 3 is 2.88 bits per heavy atom. The molecule has 17 heavy (non-hydrogen) atoms. The molecule has 0 saturated carbocycles. The van der Waals surface area contributed by atoms with Gasteiger partial charge in [-0.3, -0.25) is 0 Å². The molecule has 1 aromatic rings. The summed E-state index contributed by atoms with van der Waals surface area (Å²) in [5, 5.41) is 9.40. The van der Waals surface area contributed by atoms with E-state index >= 15 is 0 Å². The Morgan fingerprint density at radius 1 is 1.53 bits per heavy atom. The normalized spacial score (nSPS) is 22.6. The molecular weight excluding hydrogens is 221 g/mol. The third kappa shape index (κ3) is 2.58. The molecule has 4 heteroatoms. The number of halogens is 1. The number of aliphatic hydroxyl groups is 1. The number of nitrogens with zero attached hydrogens (tertiary/aromatic N) is 1. The Hall–Kier alpha value is -1.13. The predicted octanol–water partition coefficient (Wildman–Crippen LogP) is 2.10. The van der Waals surface area contributed by atoms with Crippen molar-refractivity contribution in [1.29, 1.82) is 0 Å². The summed E-state index contributed by atoms with van der Waals surface area (Å²) in [6.45, 7) is 5.60. The van der Waals surface area contributed by atoms with Crippen LogP contribution in [0.5, 0.6) is 0 Å². The van der Waals surface area contributed by atoms with E-state index in [0.717, 1.165) is 0 Å². The summed E-state index contributed by atoms with van der Waals surface area (Å²) in [5.41, 5.74) is 1.19. The molecule has 1 heterocycles. The molecule has 3 nitrogen and oxygen atoms in total. The third-order valence-electron chi connectivity index (χ3n) is 3.13. The van der Waals surface area contributed by atoms with Crippen molar-refractivity contribution in [1.82, 2.24) is 0 Å². The van der Waals surface area contributed by atoms with Crippen LogP contribution in [0, 0.1) is 5.82 Å². The fourth-order valence-corrected chi connectivity index (χ4v) is 2.10. The SMILES string of the molecule is CC1COCCN1c1ccc([C@@H](C)O)cc1F. The summed E-state index contributed by atoms with van der Waals surface area (Å²) in [7, 11) is 0. The van der Waals surface area contributed by atoms with Crippen molar-refractivity contribution in [3.8, 4) is 0 Å². The number of ether oxygens (including phenoxy) is 1. The standard InChI is InChI=1S/C13H18FNO2/c1-9-8-17-6-5-15(9)13-4-3-11(10(2)16)7-12(13)14/h3-4,7,9-10,16H,5-6,8H2,1-2H3/t9?,10-/m1/s1. The molecule has 2 atom stereocenters. The lowest BCUT2D eigenvalue weighted by Gasteiger charge is -2.35. The van der Waals surface area contributed by atoms with E-state index < -0.39 is 6.10 Å². The number of hydrogen-bond donors (Lipinski definition) is 1. The van der Waals surface area contributed by atoms with Crippen molar-refractivity contribution in [3.05, 3.63) is 29.6 Å². The van der Waals surface area contributed by atoms with Crippen LogP contribution in [0.2, 0.25) is 0 Å². The average molecular weight is 239 g/mol. The van der Waals surface area contributed by atoms with E-state index in [9.17, 15) is 9.50 Å². The molecule has 1 aliphatic rings. The number of aliphatic hydroxyl groups excluding tert-OH is 1. The Kier molecular flexibility index (Phi) is 3.64. The first-order chi connectivity index (χ1) is 8.09. The second kappa shape index (κ2) is 5.02. The fraction of sp³-hybridized carbons (Fsp3) is 0.538. The van der Waals surface area contributed by atoms with Crippen LogP contribution < -0.4 is 4.90 Å². The smallest absolute Gasteiger partial charge is 0.146 e. The molecular formula is C13H18FNO2. The highest BCUT2D eigenvalue weighted by molar-refractivity contribution is 5.50. The number of hydrogen-bond acceptors (Lipinski definition) is 3. The zero-order valence-corrected chi connectivity index (χ0v) is 10.2. The van der Waals surface area contributed by atoms with Crippen molar-refractivity contribution in [3.63, 3.8) is 0 Å². The number of anilines is 1. The van der Waals surface area contributed by atoms with E-state index in [-0.39, 0.29) is 11.9 Å². The van der Waals surface area contributed by atoms with Gasteiger partial charge >= 0.3 is 0 Å². The summed E-state index contributed by atoms with van der Waals surface area (Å²) in [4.78, 5) is 2.00. The van der Waals surface area contributed by atoms with E-state index in [1.165, 1.54) is 6.07 Å². The van der Waals surface area contributed by atoms with Crippen molar-refractivity contribution >= 4 is 5.69 Å². The zero-order chi connectivity index (χ0) is 12.4. The first-order valence-corrected chi connectivity index (χ1v) is 5.91. The van der Waals surface area contributed by atoms with Crippen LogP contribution in [-0.4, -0.2) is 30.9 Å². The lowest BCUT2D eigenvalue weighted by molar-refractivity contribution is 0.0985. The van der Waals surface area contributed by atoms with Gasteiger partial charge in [0, 0.05) is 12.6 Å². The Balaban J connectivity index is 2.26. The maximum Gasteiger partial charge on any atom is 0.146 e. The van der Waals surface area contributed by atoms with Crippen molar-refractivity contribution in [2.45, 2.75) is 26.0 Å². The van der Waals surface area contributed by atoms with E-state index in [0.29, 0.717) is 31.0 Å². The summed E-state index contributed by atoms with van der Waals surface area (Å²) in [5.74, 6) is -0.280. The van der Waals surface area contributed by atoms with Gasteiger partial charge < -0.3 is 14.7 Å². The maximum atomic E-state index is 14.0. The number of benzene rings is 1. The number of rotatable bonds is 2. The fourth-order valence-electron chi connectivity index (χ4n) is 2.10. The summed E-state index contributed by atoms with van der Waals surface area (Å²) in [6.07, 6.45) is -0.638. The van der Waals surface area contributed by atoms with E-state index in [4.69, 9.17) is 4.74 Å². The van der Waals surface area contributed by atoms with E-state index in [1.54, 1.807) is 19.1 Å². The average Bonchev–Trinajstić information content (AvgIpc) is 2.30. The topological polar surface area (TPSA) is 32.7 Å². The van der Waals surface area contributed by atoms with Gasteiger partial charge in [-0.2, -0.15) is 0 Å². The van der Waals surface area contributed by atoms with Gasteiger partial charge in [-0.1, -0.05) is 6.07 Å². The first-order valence-electron chi connectivity index (χ1n) is 5.91. The number of morpholine rings is 1. The highest BCUT2D eigenvalue weighted by Crippen LogP contribution is 2.26. The van der Waals surface area contributed by atoms with E-state index in [2.05, 4.69) is 0 Å². The second-order valence-corrected chi connectivity index (χ2v) is 4.50. The highest BCUT2D eigenvalue weighted by Gasteiger charge is 2.22. The molecule has 0 aromatic heterocycles. The predicted molar refractivity (Wildman–Crippen MR) is 64.7 cm³/mol. The van der Waals surface area contributed by atoms with Gasteiger partial charge in [0.05, 0.1) is 25.0 Å². The molecule has 1 N–H and O–H groups in total. The minimum atomic E-state index is -0.638. The molecule has 94 valence electrons. The largest absolute Gasteiger partial charge is 0.389 e. The van der Waals surface area contributed by atoms with Crippen LogP contribution in [0.4, 0.5) is 10.1 Å². The van der Waals surface area contributed by atoms with Crippen LogP contribution in [0.1, 0.15) is 25.5 Å². The van der Waals surface area contributed by atoms with Crippen LogP contribution in [-0.2, 0) is 4.74 Å². The molecule has 0 spiro atoms. The summed E-state index contributed by atoms with van der Waals surface area (Å²) in [6, 6.07) is 5.09. The molecule has 1 aromatic carbocycles. The van der Waals surface area contributed by atoms with E-state index in [1.807, 2.05) is 11.8 Å². The lowest BCUT2D eigenvalue weighted by atomic mass is 10.1. The molecule has 1 aliphatic heterocycles. The van der Waals surface area contributed by atoms with Gasteiger partial charge in [0.2, 0.25) is 0 Å². The molecule has 1 fully saturated rings. The molecule has 0 aliphatic carbocycles. The Labute approximate surface area is 101 Å². The van der Waals surface area contributed by atoms with Crippen LogP contribution in [0.3, 0.4) is 0 Å². The van der Waals surface area contributed by atoms with Crippen LogP contribution >= 0.6 is 0 Å². The second-order valence-electron chi connectivity index (χ2n) is 4.50. The Bertz CT molecular complexity index is 395. The van der Waals surface area contributed by atoms with Crippen molar-refractivity contribution in [2.75, 3.05) is 24.7 Å². The lowest BCUT2D eigenvalue weighted by Crippen LogP contribution is -2.44. The minimum absolute atomic E-state index is 0.177. The summed E-state index contributed by atoms with van der Waals surface area (Å²) < 4.78 is 19.3. The molecule has 2 rings (SSSR count). The molecule has 1 unspecified atom stereocenters. The van der Waals surface area contributed by atoms with Crippen LogP contribution in [0.25, 0.3) is 0 Å². The van der Waals surface area contributed by atoms with Gasteiger partial charge in [0.15, 0.2) is 0 Å². The molecule has 0 bridgehead atoms. The zero-order valence-electron chi connectivity index (χ0n) is 10.2. The molecule has 0 amide bonds. The first kappa shape index (κ1) is 12.3. The van der Waals surface area contributed by atoms with Gasteiger partial charge in [-0.25, -0.2) is 4.39 Å². The van der Waals surface area contributed by atoms with Gasteiger partial charge in [-0.05, 0) is 31.5 Å². The van der Waals surface area contributed by atoms with Crippen molar-refractivity contribution < 1.29 is 14.2 Å². The van der Waals surface area contributed by atoms with Crippen LogP contribution in [0.15, 0.2) is 18.2 Å².